The molecule has 4 N–H and O–H groups in total. The fourth-order valence-corrected chi connectivity index (χ4v) is 2.66. The molecular formula is C18H15F2N3O2. The van der Waals surface area contributed by atoms with Crippen molar-refractivity contribution in [3.05, 3.63) is 71.4 Å². The van der Waals surface area contributed by atoms with E-state index in [2.05, 4.69) is 10.3 Å². The third-order valence-corrected chi connectivity index (χ3v) is 3.94. The van der Waals surface area contributed by atoms with E-state index in [1.54, 1.807) is 6.20 Å². The minimum Gasteiger partial charge on any atom is -0.368 e. The van der Waals surface area contributed by atoms with Crippen LogP contribution in [0.25, 0.3) is 10.9 Å². The van der Waals surface area contributed by atoms with Gasteiger partial charge in [0.05, 0.1) is 5.56 Å². The van der Waals surface area contributed by atoms with Crippen molar-refractivity contribution in [2.75, 3.05) is 0 Å². The van der Waals surface area contributed by atoms with Gasteiger partial charge in [0, 0.05) is 23.5 Å². The van der Waals surface area contributed by atoms with Gasteiger partial charge in [-0.05, 0) is 23.8 Å². The number of rotatable bonds is 5. The van der Waals surface area contributed by atoms with Crippen LogP contribution in [0.4, 0.5) is 8.78 Å². The maximum Gasteiger partial charge on any atom is 0.255 e. The molecule has 2 aromatic carbocycles. The lowest BCUT2D eigenvalue weighted by Gasteiger charge is -2.15. The van der Waals surface area contributed by atoms with Crippen molar-refractivity contribution in [1.82, 2.24) is 10.3 Å². The molecule has 3 rings (SSSR count). The molecule has 0 saturated carbocycles. The van der Waals surface area contributed by atoms with Crippen molar-refractivity contribution in [1.29, 1.82) is 0 Å². The summed E-state index contributed by atoms with van der Waals surface area (Å²) in [5.41, 5.74) is 6.53. The summed E-state index contributed by atoms with van der Waals surface area (Å²) < 4.78 is 27.0. The van der Waals surface area contributed by atoms with Crippen LogP contribution in [0.1, 0.15) is 15.9 Å². The Bertz CT molecular complexity index is 952. The number of fused-ring (bicyclic) bond motifs is 1. The predicted molar refractivity (Wildman–Crippen MR) is 88.8 cm³/mol. The Balaban J connectivity index is 1.83. The van der Waals surface area contributed by atoms with Crippen molar-refractivity contribution in [3.63, 3.8) is 0 Å². The van der Waals surface area contributed by atoms with Crippen LogP contribution in [0.5, 0.6) is 0 Å². The van der Waals surface area contributed by atoms with Crippen molar-refractivity contribution in [2.45, 2.75) is 12.5 Å². The highest BCUT2D eigenvalue weighted by Crippen LogP contribution is 2.19. The zero-order valence-electron chi connectivity index (χ0n) is 13.1. The zero-order chi connectivity index (χ0) is 18.0. The van der Waals surface area contributed by atoms with Gasteiger partial charge in [0.15, 0.2) is 11.6 Å². The largest absolute Gasteiger partial charge is 0.368 e. The van der Waals surface area contributed by atoms with E-state index >= 15 is 0 Å². The summed E-state index contributed by atoms with van der Waals surface area (Å²) in [7, 11) is 0. The van der Waals surface area contributed by atoms with Gasteiger partial charge in [-0.1, -0.05) is 24.3 Å². The van der Waals surface area contributed by atoms with Crippen molar-refractivity contribution in [2.24, 2.45) is 5.73 Å². The first-order valence-corrected chi connectivity index (χ1v) is 7.56. The topological polar surface area (TPSA) is 88.0 Å². The van der Waals surface area contributed by atoms with Crippen LogP contribution in [-0.2, 0) is 11.2 Å². The van der Waals surface area contributed by atoms with Gasteiger partial charge in [-0.25, -0.2) is 8.78 Å². The summed E-state index contributed by atoms with van der Waals surface area (Å²) in [6, 6.07) is 9.65. The normalized spacial score (nSPS) is 12.1. The number of carbonyl (C=O) groups excluding carboxylic acids is 2. The average molecular weight is 343 g/mol. The molecule has 0 aliphatic rings. The molecule has 0 fully saturated rings. The van der Waals surface area contributed by atoms with Crippen LogP contribution >= 0.6 is 0 Å². The fourth-order valence-electron chi connectivity index (χ4n) is 2.66. The number of nitrogens with one attached hydrogen (secondary N) is 2. The Labute approximate surface area is 141 Å². The van der Waals surface area contributed by atoms with Gasteiger partial charge in [-0.3, -0.25) is 9.59 Å². The number of aromatic amines is 1. The highest BCUT2D eigenvalue weighted by molar-refractivity contribution is 5.97. The van der Waals surface area contributed by atoms with Gasteiger partial charge in [0.25, 0.3) is 5.91 Å². The molecule has 3 aromatic rings. The smallest absolute Gasteiger partial charge is 0.255 e. The number of hydrogen-bond acceptors (Lipinski definition) is 2. The maximum absolute atomic E-state index is 13.7. The van der Waals surface area contributed by atoms with Crippen LogP contribution in [0.3, 0.4) is 0 Å². The number of hydrogen-bond donors (Lipinski definition) is 3. The number of para-hydroxylation sites is 1. The maximum atomic E-state index is 13.7. The standard InChI is InChI=1S/C18H15F2N3O2/c19-13-6-3-5-12(16(13)20)18(25)23-15(17(21)24)8-10-9-22-14-7-2-1-4-11(10)14/h1-7,9,15,22H,8H2,(H2,21,24)(H,23,25)/t15-/m1/s1. The molecule has 5 nitrogen and oxygen atoms in total. The second-order valence-electron chi connectivity index (χ2n) is 5.59. The third-order valence-electron chi connectivity index (χ3n) is 3.94. The molecule has 0 saturated heterocycles. The molecule has 0 aliphatic heterocycles. The lowest BCUT2D eigenvalue weighted by atomic mass is 10.0. The quantitative estimate of drug-likeness (QED) is 0.664. The van der Waals surface area contributed by atoms with E-state index in [0.29, 0.717) is 0 Å². The molecule has 7 heteroatoms. The second kappa shape index (κ2) is 6.72. The molecule has 0 unspecified atom stereocenters. The zero-order valence-corrected chi connectivity index (χ0v) is 13.1. The third kappa shape index (κ3) is 3.35. The second-order valence-corrected chi connectivity index (χ2v) is 5.59. The first-order chi connectivity index (χ1) is 12.0. The van der Waals surface area contributed by atoms with Gasteiger partial charge in [0.1, 0.15) is 6.04 Å². The summed E-state index contributed by atoms with van der Waals surface area (Å²) in [5, 5.41) is 3.26. The van der Waals surface area contributed by atoms with Gasteiger partial charge in [-0.15, -0.1) is 0 Å². The first-order valence-electron chi connectivity index (χ1n) is 7.56. The molecule has 1 atom stereocenters. The SMILES string of the molecule is NC(=O)[C@@H](Cc1c[nH]c2ccccc12)NC(=O)c1cccc(F)c1F. The molecule has 0 aliphatic carbocycles. The average Bonchev–Trinajstić information content (AvgIpc) is 2.99. The summed E-state index contributed by atoms with van der Waals surface area (Å²) in [4.78, 5) is 27.0. The van der Waals surface area contributed by atoms with Crippen LogP contribution in [0, 0.1) is 11.6 Å². The van der Waals surface area contributed by atoms with Crippen molar-refractivity contribution in [3.8, 4) is 0 Å². The number of nitrogens with two attached hydrogens (primary N) is 1. The van der Waals surface area contributed by atoms with E-state index in [4.69, 9.17) is 5.73 Å². The van der Waals surface area contributed by atoms with E-state index in [-0.39, 0.29) is 6.42 Å². The van der Waals surface area contributed by atoms with Crippen LogP contribution in [0.2, 0.25) is 0 Å². The Morgan fingerprint density at radius 3 is 2.64 bits per heavy atom. The number of carbonyl (C=O) groups is 2. The van der Waals surface area contributed by atoms with E-state index in [1.165, 1.54) is 6.07 Å². The van der Waals surface area contributed by atoms with Gasteiger partial charge >= 0.3 is 0 Å². The predicted octanol–water partition coefficient (Wildman–Crippen LogP) is 2.27. The lowest BCUT2D eigenvalue weighted by molar-refractivity contribution is -0.119. The Kier molecular flexibility index (Phi) is 4.47. The van der Waals surface area contributed by atoms with Crippen LogP contribution in [0.15, 0.2) is 48.7 Å². The molecule has 0 bridgehead atoms. The first kappa shape index (κ1) is 16.6. The van der Waals surface area contributed by atoms with Gasteiger partial charge in [0.2, 0.25) is 5.91 Å². The Morgan fingerprint density at radius 2 is 1.88 bits per heavy atom. The van der Waals surface area contributed by atoms with E-state index in [0.717, 1.165) is 28.6 Å². The van der Waals surface area contributed by atoms with Crippen molar-refractivity contribution >= 4 is 22.7 Å². The molecular weight excluding hydrogens is 328 g/mol. The molecule has 1 aromatic heterocycles. The number of halogens is 2. The Morgan fingerprint density at radius 1 is 1.12 bits per heavy atom. The van der Waals surface area contributed by atoms with E-state index in [1.807, 2.05) is 24.3 Å². The van der Waals surface area contributed by atoms with Crippen LogP contribution in [-0.4, -0.2) is 22.8 Å². The summed E-state index contributed by atoms with van der Waals surface area (Å²) in [5.74, 6) is -4.08. The monoisotopic (exact) mass is 343 g/mol. The summed E-state index contributed by atoms with van der Waals surface area (Å²) in [6.45, 7) is 0. The highest BCUT2D eigenvalue weighted by atomic mass is 19.2. The Hall–Kier alpha value is -3.22. The lowest BCUT2D eigenvalue weighted by Crippen LogP contribution is -2.46. The van der Waals surface area contributed by atoms with Gasteiger partial charge < -0.3 is 16.0 Å². The summed E-state index contributed by atoms with van der Waals surface area (Å²) >= 11 is 0. The molecule has 25 heavy (non-hydrogen) atoms. The van der Waals surface area contributed by atoms with E-state index in [9.17, 15) is 18.4 Å². The molecule has 0 spiro atoms. The fraction of sp³-hybridized carbons (Fsp3) is 0.111. The minimum absolute atomic E-state index is 0.127. The number of primary amides is 1. The summed E-state index contributed by atoms with van der Waals surface area (Å²) in [6.07, 6.45) is 1.84. The van der Waals surface area contributed by atoms with Crippen LogP contribution < -0.4 is 11.1 Å². The molecule has 2 amide bonds. The number of aromatic nitrogens is 1. The van der Waals surface area contributed by atoms with E-state index < -0.39 is 35.1 Å². The number of amides is 2. The molecule has 0 radical (unpaired) electrons. The number of benzene rings is 2. The minimum atomic E-state index is -1.27. The number of H-pyrrole nitrogens is 1. The molecule has 128 valence electrons. The van der Waals surface area contributed by atoms with Crippen molar-refractivity contribution < 1.29 is 18.4 Å². The van der Waals surface area contributed by atoms with Gasteiger partial charge in [-0.2, -0.15) is 0 Å². The highest BCUT2D eigenvalue weighted by Gasteiger charge is 2.23. The molecule has 1 heterocycles.